The monoisotopic (exact) mass is 598 g/mol. The topological polar surface area (TPSA) is 137 Å². The van der Waals surface area contributed by atoms with Gasteiger partial charge in [0.1, 0.15) is 5.75 Å². The Morgan fingerprint density at radius 3 is 2.35 bits per heavy atom. The van der Waals surface area contributed by atoms with Gasteiger partial charge in [-0.1, -0.05) is 45.0 Å². The first kappa shape index (κ1) is 31.1. The Labute approximate surface area is 255 Å². The molecule has 5 rings (SSSR count). The lowest BCUT2D eigenvalue weighted by Gasteiger charge is -2.09. The first-order valence-corrected chi connectivity index (χ1v) is 15.1. The van der Waals surface area contributed by atoms with Crippen molar-refractivity contribution in [1.29, 1.82) is 0 Å². The largest absolute Gasteiger partial charge is 0.494 e. The predicted octanol–water partition coefficient (Wildman–Crippen LogP) is 5.23. The molecule has 0 saturated heterocycles. The Morgan fingerprint density at radius 1 is 0.977 bits per heavy atom. The number of benzene rings is 3. The molecule has 0 bridgehead atoms. The Balaban J connectivity index is 0.00000207. The molecule has 0 aliphatic rings. The average Bonchev–Trinajstić information content (AvgIpc) is 3.68. The number of imidazole rings is 1. The number of thiophene rings is 1. The van der Waals surface area contributed by atoms with Gasteiger partial charge < -0.3 is 19.7 Å². The van der Waals surface area contributed by atoms with Crippen LogP contribution in [0.4, 0.5) is 5.69 Å². The molecule has 0 atom stereocenters. The molecule has 0 radical (unpaired) electrons. The van der Waals surface area contributed by atoms with Crippen LogP contribution in [0.2, 0.25) is 0 Å². The molecule has 0 aliphatic carbocycles. The Morgan fingerprint density at radius 2 is 1.72 bits per heavy atom. The van der Waals surface area contributed by atoms with Crippen molar-refractivity contribution in [1.82, 2.24) is 19.9 Å². The molecule has 5 aromatic rings. The maximum atomic E-state index is 12.5. The maximum absolute atomic E-state index is 12.5. The lowest BCUT2D eigenvalue weighted by molar-refractivity contribution is 0.0975. The molecule has 2 heterocycles. The summed E-state index contributed by atoms with van der Waals surface area (Å²) in [6.45, 7) is 7.29. The molecule has 1 amide bonds. The van der Waals surface area contributed by atoms with Gasteiger partial charge in [0.25, 0.3) is 5.91 Å². The quantitative estimate of drug-likeness (QED) is 0.0840. The number of carbonyl (C=O) groups excluding carboxylic acids is 1. The second-order valence-electron chi connectivity index (χ2n) is 9.39. The highest BCUT2D eigenvalue weighted by atomic mass is 32.1. The number of nitrogens with one attached hydrogen (secondary N) is 2. The van der Waals surface area contributed by atoms with Crippen molar-refractivity contribution < 1.29 is 9.53 Å². The number of hydrogen-bond acceptors (Lipinski definition) is 7. The number of amides is 1. The summed E-state index contributed by atoms with van der Waals surface area (Å²) >= 11 is 1.68. The van der Waals surface area contributed by atoms with E-state index in [1.54, 1.807) is 23.5 Å². The van der Waals surface area contributed by atoms with Gasteiger partial charge in [0.15, 0.2) is 0 Å². The maximum Gasteiger partial charge on any atom is 0.258 e. The zero-order valence-electron chi connectivity index (χ0n) is 24.9. The van der Waals surface area contributed by atoms with Gasteiger partial charge >= 0.3 is 0 Å². The molecule has 10 nitrogen and oxygen atoms in total. The van der Waals surface area contributed by atoms with E-state index in [-0.39, 0.29) is 11.9 Å². The number of hydrazone groups is 1. The standard InChI is InChI=1S/C30H32N8O2S.C2H6/c1-3-15-40-25-12-13-26-27(17-25)37(2)30(33-24-10-8-21(9-11-24)23-14-16-41-19-23)38(26)18-20-4-6-22(7-5-20)28(39)34-29(35-31)36-32;1-2/h4-14,16-17,19H,3,15,18,31-32H2,1-2H3,(H2,34,35,36,39);1-2H3. The van der Waals surface area contributed by atoms with Gasteiger partial charge in [-0.15, -0.1) is 5.10 Å². The molecular formula is C32H38N8O2S. The normalized spacial score (nSPS) is 11.7. The number of nitrogens with two attached hydrogens (primary N) is 2. The zero-order chi connectivity index (χ0) is 30.8. The number of nitrogens with zero attached hydrogens (tertiary/aromatic N) is 4. The van der Waals surface area contributed by atoms with Crippen LogP contribution >= 0.6 is 11.3 Å². The van der Waals surface area contributed by atoms with Crippen LogP contribution in [0.1, 0.15) is 43.1 Å². The van der Waals surface area contributed by atoms with Gasteiger partial charge in [0.05, 0.1) is 29.9 Å². The van der Waals surface area contributed by atoms with Crippen LogP contribution in [-0.4, -0.2) is 27.6 Å². The minimum Gasteiger partial charge on any atom is -0.494 e. The number of rotatable bonds is 8. The second-order valence-corrected chi connectivity index (χ2v) is 10.2. The van der Waals surface area contributed by atoms with Gasteiger partial charge in [-0.3, -0.25) is 15.5 Å². The second kappa shape index (κ2) is 14.9. The number of guanidine groups is 1. The van der Waals surface area contributed by atoms with E-state index in [1.165, 1.54) is 5.56 Å². The summed E-state index contributed by atoms with van der Waals surface area (Å²) in [5.41, 5.74) is 9.70. The molecule has 0 aliphatic heterocycles. The first-order valence-electron chi connectivity index (χ1n) is 14.1. The van der Waals surface area contributed by atoms with Crippen LogP contribution in [-0.2, 0) is 13.6 Å². The zero-order valence-corrected chi connectivity index (χ0v) is 25.7. The smallest absolute Gasteiger partial charge is 0.258 e. The number of fused-ring (bicyclic) bond motifs is 1. The molecule has 0 unspecified atom stereocenters. The third-order valence-electron chi connectivity index (χ3n) is 6.62. The highest BCUT2D eigenvalue weighted by Gasteiger charge is 2.13. The summed E-state index contributed by atoms with van der Waals surface area (Å²) in [4.78, 5) is 17.6. The molecule has 43 heavy (non-hydrogen) atoms. The summed E-state index contributed by atoms with van der Waals surface area (Å²) < 4.78 is 10.2. The highest BCUT2D eigenvalue weighted by Crippen LogP contribution is 2.25. The van der Waals surface area contributed by atoms with E-state index < -0.39 is 0 Å². The molecule has 11 heteroatoms. The van der Waals surface area contributed by atoms with Crippen molar-refractivity contribution in [3.05, 3.63) is 100 Å². The molecular weight excluding hydrogens is 560 g/mol. The van der Waals surface area contributed by atoms with Crippen molar-refractivity contribution in [2.75, 3.05) is 6.61 Å². The van der Waals surface area contributed by atoms with E-state index >= 15 is 0 Å². The van der Waals surface area contributed by atoms with Gasteiger partial charge in [-0.05, 0) is 76.3 Å². The SMILES string of the molecule is CC.CCCOc1ccc2c(c1)n(C)c(=Nc1ccc(-c3ccsc3)cc1)n2Cc1ccc(C(=O)N/C(=N/N)NN)cc1. The summed E-state index contributed by atoms with van der Waals surface area (Å²) in [5.74, 6) is 10.9. The highest BCUT2D eigenvalue weighted by molar-refractivity contribution is 7.08. The van der Waals surface area contributed by atoms with Crippen molar-refractivity contribution in [2.45, 2.75) is 33.7 Å². The molecule has 0 fully saturated rings. The average molecular weight is 599 g/mol. The number of aromatic nitrogens is 2. The fourth-order valence-corrected chi connectivity index (χ4v) is 5.16. The predicted molar refractivity (Wildman–Crippen MR) is 175 cm³/mol. The number of hydrogen-bond donors (Lipinski definition) is 4. The summed E-state index contributed by atoms with van der Waals surface area (Å²) in [6.07, 6.45) is 0.935. The van der Waals surface area contributed by atoms with E-state index in [0.29, 0.717) is 18.7 Å². The van der Waals surface area contributed by atoms with Crippen LogP contribution in [0.15, 0.2) is 93.7 Å². The summed E-state index contributed by atoms with van der Waals surface area (Å²) in [5, 5.41) is 10.1. The Kier molecular flexibility index (Phi) is 10.7. The van der Waals surface area contributed by atoms with Crippen molar-refractivity contribution in [3.63, 3.8) is 0 Å². The Bertz CT molecular complexity index is 1740. The van der Waals surface area contributed by atoms with Crippen molar-refractivity contribution >= 4 is 39.9 Å². The lowest BCUT2D eigenvalue weighted by Crippen LogP contribution is -2.45. The number of ether oxygens (including phenoxy) is 1. The fourth-order valence-electron chi connectivity index (χ4n) is 4.50. The van der Waals surface area contributed by atoms with E-state index in [9.17, 15) is 4.79 Å². The van der Waals surface area contributed by atoms with Crippen LogP contribution in [0.3, 0.4) is 0 Å². The first-order chi connectivity index (χ1) is 21.0. The lowest BCUT2D eigenvalue weighted by atomic mass is 10.1. The number of aryl methyl sites for hydroxylation is 1. The Hall–Kier alpha value is -4.87. The van der Waals surface area contributed by atoms with Crippen LogP contribution in [0.25, 0.3) is 22.2 Å². The van der Waals surface area contributed by atoms with E-state index in [1.807, 2.05) is 51.2 Å². The van der Waals surface area contributed by atoms with E-state index in [4.69, 9.17) is 21.4 Å². The molecule has 2 aromatic heterocycles. The molecule has 224 valence electrons. The summed E-state index contributed by atoms with van der Waals surface area (Å²) in [6, 6.07) is 23.8. The molecule has 6 N–H and O–H groups in total. The van der Waals surface area contributed by atoms with Crippen molar-refractivity contribution in [3.8, 4) is 16.9 Å². The van der Waals surface area contributed by atoms with Gasteiger partial charge in [0, 0.05) is 18.7 Å². The van der Waals surface area contributed by atoms with Gasteiger partial charge in [0.2, 0.25) is 11.6 Å². The van der Waals surface area contributed by atoms with E-state index in [2.05, 4.69) is 73.0 Å². The fraction of sp³-hybridized carbons (Fsp3) is 0.219. The van der Waals surface area contributed by atoms with Gasteiger partial charge in [-0.2, -0.15) is 11.3 Å². The third-order valence-corrected chi connectivity index (χ3v) is 7.30. The van der Waals surface area contributed by atoms with Crippen LogP contribution in [0, 0.1) is 0 Å². The minimum atomic E-state index is -0.377. The summed E-state index contributed by atoms with van der Waals surface area (Å²) in [7, 11) is 2.01. The third kappa shape index (κ3) is 7.32. The van der Waals surface area contributed by atoms with Gasteiger partial charge in [-0.25, -0.2) is 10.8 Å². The molecule has 0 spiro atoms. The minimum absolute atomic E-state index is 0.0257. The van der Waals surface area contributed by atoms with E-state index in [0.717, 1.165) is 45.6 Å². The number of hydrazine groups is 1. The molecule has 3 aromatic carbocycles. The van der Waals surface area contributed by atoms with Crippen molar-refractivity contribution in [2.24, 2.45) is 28.8 Å². The number of carbonyl (C=O) groups is 1. The molecule has 0 saturated carbocycles. The van der Waals surface area contributed by atoms with Crippen LogP contribution < -0.4 is 32.8 Å². The van der Waals surface area contributed by atoms with Crippen LogP contribution in [0.5, 0.6) is 5.75 Å².